The molecule has 0 aliphatic carbocycles. The van der Waals surface area contributed by atoms with Crippen LogP contribution in [0.3, 0.4) is 0 Å². The summed E-state index contributed by atoms with van der Waals surface area (Å²) in [4.78, 5) is 1.11. The lowest BCUT2D eigenvalue weighted by atomic mass is 10.1. The quantitative estimate of drug-likeness (QED) is 0.685. The Bertz CT molecular complexity index is 655. The van der Waals surface area contributed by atoms with Gasteiger partial charge in [-0.3, -0.25) is 0 Å². The predicted octanol–water partition coefficient (Wildman–Crippen LogP) is 5.73. The Hall–Kier alpha value is -1.14. The van der Waals surface area contributed by atoms with Gasteiger partial charge in [0.2, 0.25) is 0 Å². The molecule has 0 amide bonds. The molecule has 1 aliphatic rings. The zero-order valence-electron chi connectivity index (χ0n) is 10.7. The molecule has 110 valence electrons. The van der Waals surface area contributed by atoms with Crippen LogP contribution in [0.2, 0.25) is 0 Å². The number of nitrogens with one attached hydrogen (secondary N) is 1. The van der Waals surface area contributed by atoms with Crippen LogP contribution < -0.4 is 5.32 Å². The molecule has 21 heavy (non-hydrogen) atoms. The number of hydrogen-bond donors (Lipinski definition) is 1. The van der Waals surface area contributed by atoms with Crippen LogP contribution in [0.25, 0.3) is 0 Å². The molecule has 1 heterocycles. The minimum absolute atomic E-state index is 0.112. The normalized spacial score (nSPS) is 18.0. The Morgan fingerprint density at radius 2 is 1.81 bits per heavy atom. The minimum Gasteiger partial charge on any atom is -0.383 e. The Kier molecular flexibility index (Phi) is 3.92. The fourth-order valence-corrected chi connectivity index (χ4v) is 3.75. The number of fused-ring (bicyclic) bond motifs is 1. The lowest BCUT2D eigenvalue weighted by Gasteiger charge is -2.26. The Labute approximate surface area is 133 Å². The van der Waals surface area contributed by atoms with Gasteiger partial charge in [-0.15, -0.1) is 11.8 Å². The van der Waals surface area contributed by atoms with E-state index in [1.807, 2.05) is 18.2 Å². The maximum atomic E-state index is 12.6. The van der Waals surface area contributed by atoms with Crippen molar-refractivity contribution < 1.29 is 13.2 Å². The zero-order chi connectivity index (χ0) is 15.0. The first-order valence-electron chi connectivity index (χ1n) is 6.31. The first-order valence-corrected chi connectivity index (χ1v) is 7.98. The fourth-order valence-electron chi connectivity index (χ4n) is 2.21. The standard InChI is InChI=1S/C15H11BrF3NS/c16-11-5-6-13-12(7-11)20-8-14(21-13)9-1-3-10(4-2-9)15(17,18)19/h1-7,14,20H,8H2. The van der Waals surface area contributed by atoms with Crippen LogP contribution in [-0.2, 0) is 6.18 Å². The summed E-state index contributed by atoms with van der Waals surface area (Å²) in [6, 6.07) is 11.4. The van der Waals surface area contributed by atoms with Crippen molar-refractivity contribution >= 4 is 33.4 Å². The van der Waals surface area contributed by atoms with Crippen LogP contribution in [0.15, 0.2) is 51.8 Å². The second-order valence-corrected chi connectivity index (χ2v) is 6.91. The third-order valence-corrected chi connectivity index (χ3v) is 5.13. The fraction of sp³-hybridized carbons (Fsp3) is 0.200. The third kappa shape index (κ3) is 3.21. The van der Waals surface area contributed by atoms with E-state index in [1.165, 1.54) is 0 Å². The molecule has 6 heteroatoms. The van der Waals surface area contributed by atoms with Crippen molar-refractivity contribution in [1.29, 1.82) is 0 Å². The smallest absolute Gasteiger partial charge is 0.383 e. The minimum atomic E-state index is -4.28. The van der Waals surface area contributed by atoms with Gasteiger partial charge in [0.1, 0.15) is 0 Å². The van der Waals surface area contributed by atoms with E-state index in [0.717, 1.165) is 32.8 Å². The van der Waals surface area contributed by atoms with Crippen molar-refractivity contribution in [3.63, 3.8) is 0 Å². The van der Waals surface area contributed by atoms with Gasteiger partial charge in [0.15, 0.2) is 0 Å². The number of alkyl halides is 3. The number of thioether (sulfide) groups is 1. The summed E-state index contributed by atoms with van der Waals surface area (Å²) in [5, 5.41) is 3.44. The number of halogens is 4. The molecule has 3 rings (SSSR count). The first-order chi connectivity index (χ1) is 9.93. The van der Waals surface area contributed by atoms with E-state index in [9.17, 15) is 13.2 Å². The number of anilines is 1. The number of benzene rings is 2. The average molecular weight is 374 g/mol. The molecule has 0 radical (unpaired) electrons. The molecule has 2 aromatic carbocycles. The molecule has 1 nitrogen and oxygen atoms in total. The molecule has 1 N–H and O–H groups in total. The van der Waals surface area contributed by atoms with Crippen LogP contribution in [0.4, 0.5) is 18.9 Å². The summed E-state index contributed by atoms with van der Waals surface area (Å²) in [7, 11) is 0. The highest BCUT2D eigenvalue weighted by Crippen LogP contribution is 2.44. The number of hydrogen-bond acceptors (Lipinski definition) is 2. The molecule has 1 unspecified atom stereocenters. The molecule has 1 aliphatic heterocycles. The molecule has 0 saturated carbocycles. The van der Waals surface area contributed by atoms with Gasteiger partial charge in [0.25, 0.3) is 0 Å². The van der Waals surface area contributed by atoms with Crippen molar-refractivity contribution in [3.05, 3.63) is 58.1 Å². The molecule has 0 fully saturated rings. The summed E-state index contributed by atoms with van der Waals surface area (Å²) in [5.41, 5.74) is 1.34. The SMILES string of the molecule is FC(F)(F)c1ccc(C2CNc3cc(Br)ccc3S2)cc1. The predicted molar refractivity (Wildman–Crippen MR) is 82.7 cm³/mol. The number of rotatable bonds is 1. The van der Waals surface area contributed by atoms with Crippen molar-refractivity contribution in [2.24, 2.45) is 0 Å². The molecule has 0 spiro atoms. The molecule has 0 bridgehead atoms. The van der Waals surface area contributed by atoms with Gasteiger partial charge < -0.3 is 5.32 Å². The molecule has 0 aromatic heterocycles. The summed E-state index contributed by atoms with van der Waals surface area (Å²) >= 11 is 5.09. The Balaban J connectivity index is 1.81. The lowest BCUT2D eigenvalue weighted by molar-refractivity contribution is -0.137. The summed E-state index contributed by atoms with van der Waals surface area (Å²) in [5.74, 6) is 0. The zero-order valence-corrected chi connectivity index (χ0v) is 13.1. The average Bonchev–Trinajstić information content (AvgIpc) is 2.46. The molecule has 0 saturated heterocycles. The lowest BCUT2D eigenvalue weighted by Crippen LogP contribution is -2.15. The maximum absolute atomic E-state index is 12.6. The third-order valence-electron chi connectivity index (χ3n) is 3.30. The van der Waals surface area contributed by atoms with E-state index in [1.54, 1.807) is 23.9 Å². The van der Waals surface area contributed by atoms with Gasteiger partial charge >= 0.3 is 6.18 Å². The van der Waals surface area contributed by atoms with E-state index >= 15 is 0 Å². The monoisotopic (exact) mass is 373 g/mol. The van der Waals surface area contributed by atoms with Crippen molar-refractivity contribution in [1.82, 2.24) is 0 Å². The van der Waals surface area contributed by atoms with Gasteiger partial charge in [0, 0.05) is 21.6 Å². The van der Waals surface area contributed by atoms with Gasteiger partial charge in [-0.2, -0.15) is 13.2 Å². The van der Waals surface area contributed by atoms with Crippen LogP contribution in [-0.4, -0.2) is 6.54 Å². The van der Waals surface area contributed by atoms with Crippen LogP contribution in [0.5, 0.6) is 0 Å². The maximum Gasteiger partial charge on any atom is 0.416 e. The summed E-state index contributed by atoms with van der Waals surface area (Å²) < 4.78 is 38.7. The van der Waals surface area contributed by atoms with Crippen molar-refractivity contribution in [3.8, 4) is 0 Å². The van der Waals surface area contributed by atoms with Crippen LogP contribution >= 0.6 is 27.7 Å². The van der Waals surface area contributed by atoms with E-state index in [-0.39, 0.29) is 5.25 Å². The Morgan fingerprint density at radius 3 is 2.48 bits per heavy atom. The van der Waals surface area contributed by atoms with Gasteiger partial charge in [0.05, 0.1) is 10.8 Å². The summed E-state index contributed by atoms with van der Waals surface area (Å²) in [6.07, 6.45) is -4.28. The van der Waals surface area contributed by atoms with Gasteiger partial charge in [-0.05, 0) is 35.9 Å². The van der Waals surface area contributed by atoms with E-state index in [0.29, 0.717) is 6.54 Å². The highest BCUT2D eigenvalue weighted by Gasteiger charge is 2.30. The van der Waals surface area contributed by atoms with E-state index in [4.69, 9.17) is 0 Å². The van der Waals surface area contributed by atoms with E-state index in [2.05, 4.69) is 21.2 Å². The highest BCUT2D eigenvalue weighted by atomic mass is 79.9. The van der Waals surface area contributed by atoms with Crippen LogP contribution in [0, 0.1) is 0 Å². The molecular weight excluding hydrogens is 363 g/mol. The topological polar surface area (TPSA) is 12.0 Å². The Morgan fingerprint density at radius 1 is 1.10 bits per heavy atom. The van der Waals surface area contributed by atoms with Crippen molar-refractivity contribution in [2.75, 3.05) is 11.9 Å². The van der Waals surface area contributed by atoms with Crippen molar-refractivity contribution in [2.45, 2.75) is 16.3 Å². The highest BCUT2D eigenvalue weighted by molar-refractivity contribution is 9.10. The molecule has 1 atom stereocenters. The van der Waals surface area contributed by atoms with Crippen LogP contribution in [0.1, 0.15) is 16.4 Å². The summed E-state index contributed by atoms with van der Waals surface area (Å²) in [6.45, 7) is 0.694. The second kappa shape index (κ2) is 5.57. The van der Waals surface area contributed by atoms with Gasteiger partial charge in [-0.25, -0.2) is 0 Å². The van der Waals surface area contributed by atoms with Gasteiger partial charge in [-0.1, -0.05) is 28.1 Å². The van der Waals surface area contributed by atoms with E-state index < -0.39 is 11.7 Å². The largest absolute Gasteiger partial charge is 0.416 e. The second-order valence-electron chi connectivity index (χ2n) is 4.75. The molecule has 2 aromatic rings. The molecular formula is C15H11BrF3NS. The first kappa shape index (κ1) is 14.8.